The fraction of sp³-hybridized carbons (Fsp3) is 0.357. The minimum Gasteiger partial charge on any atom is -0.239 e. The maximum Gasteiger partial charge on any atom is 0.435 e. The minimum atomic E-state index is -4.53. The van der Waals surface area contributed by atoms with Gasteiger partial charge >= 0.3 is 6.18 Å². The van der Waals surface area contributed by atoms with E-state index in [1.54, 1.807) is 18.2 Å². The maximum atomic E-state index is 13.3. The molecule has 3 aromatic rings. The standard InChI is InChI=1S/C14H13F3N4/c1-2-3-6-10-12-13(14(15,16)17)18-9-7-4-5-8-11(9)21(12)20-19-10/h4-5,7-8H,2-3,6H2,1H3. The third kappa shape index (κ3) is 2.32. The lowest BCUT2D eigenvalue weighted by atomic mass is 10.1. The number of hydrogen-bond acceptors (Lipinski definition) is 3. The van der Waals surface area contributed by atoms with Crippen molar-refractivity contribution < 1.29 is 13.2 Å². The first-order valence-electron chi connectivity index (χ1n) is 6.72. The molecule has 7 heteroatoms. The number of benzene rings is 1. The van der Waals surface area contributed by atoms with Crippen LogP contribution in [-0.4, -0.2) is 19.8 Å². The molecule has 0 saturated carbocycles. The second-order valence-corrected chi connectivity index (χ2v) is 4.85. The molecular weight excluding hydrogens is 281 g/mol. The van der Waals surface area contributed by atoms with Crippen LogP contribution in [0.4, 0.5) is 13.2 Å². The van der Waals surface area contributed by atoms with Gasteiger partial charge in [0.1, 0.15) is 5.52 Å². The number of nitrogens with zero attached hydrogens (tertiary/aromatic N) is 4. The van der Waals surface area contributed by atoms with Gasteiger partial charge in [0.2, 0.25) is 0 Å². The van der Waals surface area contributed by atoms with E-state index >= 15 is 0 Å². The van der Waals surface area contributed by atoms with Gasteiger partial charge in [0.15, 0.2) is 5.69 Å². The molecule has 0 amide bonds. The number of para-hydroxylation sites is 2. The quantitative estimate of drug-likeness (QED) is 0.740. The fourth-order valence-corrected chi connectivity index (χ4v) is 2.34. The molecule has 4 nitrogen and oxygen atoms in total. The monoisotopic (exact) mass is 294 g/mol. The molecule has 2 aromatic heterocycles. The third-order valence-corrected chi connectivity index (χ3v) is 3.34. The molecular formula is C14H13F3N4. The Morgan fingerprint density at radius 1 is 1.19 bits per heavy atom. The highest BCUT2D eigenvalue weighted by Gasteiger charge is 2.37. The molecule has 0 aliphatic rings. The van der Waals surface area contributed by atoms with Gasteiger partial charge in [-0.15, -0.1) is 5.10 Å². The van der Waals surface area contributed by atoms with Crippen LogP contribution >= 0.6 is 0 Å². The van der Waals surface area contributed by atoms with Crippen molar-refractivity contribution in [3.8, 4) is 0 Å². The Morgan fingerprint density at radius 2 is 1.95 bits per heavy atom. The molecule has 0 saturated heterocycles. The van der Waals surface area contributed by atoms with E-state index in [4.69, 9.17) is 0 Å². The van der Waals surface area contributed by atoms with Crippen molar-refractivity contribution in [1.29, 1.82) is 0 Å². The van der Waals surface area contributed by atoms with Crippen LogP contribution in [0.15, 0.2) is 24.3 Å². The lowest BCUT2D eigenvalue weighted by Crippen LogP contribution is -2.12. The van der Waals surface area contributed by atoms with Crippen molar-refractivity contribution >= 4 is 16.6 Å². The van der Waals surface area contributed by atoms with Crippen LogP contribution in [0.25, 0.3) is 16.6 Å². The summed E-state index contributed by atoms with van der Waals surface area (Å²) in [5, 5.41) is 7.83. The summed E-state index contributed by atoms with van der Waals surface area (Å²) in [6.45, 7) is 1.98. The molecule has 0 radical (unpaired) electrons. The van der Waals surface area contributed by atoms with E-state index in [0.29, 0.717) is 17.6 Å². The van der Waals surface area contributed by atoms with E-state index in [0.717, 1.165) is 12.8 Å². The van der Waals surface area contributed by atoms with Crippen molar-refractivity contribution in [2.24, 2.45) is 0 Å². The normalized spacial score (nSPS) is 12.4. The number of fused-ring (bicyclic) bond motifs is 3. The van der Waals surface area contributed by atoms with Gasteiger partial charge in [0.25, 0.3) is 0 Å². The molecule has 0 atom stereocenters. The van der Waals surface area contributed by atoms with Gasteiger partial charge < -0.3 is 0 Å². The first kappa shape index (κ1) is 13.8. The topological polar surface area (TPSA) is 43.1 Å². The van der Waals surface area contributed by atoms with Crippen LogP contribution < -0.4 is 0 Å². The van der Waals surface area contributed by atoms with Crippen LogP contribution in [0.5, 0.6) is 0 Å². The molecule has 0 fully saturated rings. The van der Waals surface area contributed by atoms with Gasteiger partial charge in [-0.2, -0.15) is 13.2 Å². The number of alkyl halides is 3. The van der Waals surface area contributed by atoms with E-state index < -0.39 is 11.9 Å². The maximum absolute atomic E-state index is 13.3. The Morgan fingerprint density at radius 3 is 2.67 bits per heavy atom. The van der Waals surface area contributed by atoms with Crippen LogP contribution in [0.3, 0.4) is 0 Å². The zero-order chi connectivity index (χ0) is 15.0. The molecule has 0 N–H and O–H groups in total. The SMILES string of the molecule is CCCCc1nnn2c1c(C(F)(F)F)nc1ccccc12. The van der Waals surface area contributed by atoms with Crippen LogP contribution in [0.2, 0.25) is 0 Å². The molecule has 1 aromatic carbocycles. The number of aromatic nitrogens is 4. The highest BCUT2D eigenvalue weighted by Crippen LogP contribution is 2.33. The largest absolute Gasteiger partial charge is 0.435 e. The van der Waals surface area contributed by atoms with Crippen molar-refractivity contribution in [3.63, 3.8) is 0 Å². The smallest absolute Gasteiger partial charge is 0.239 e. The first-order valence-corrected chi connectivity index (χ1v) is 6.72. The highest BCUT2D eigenvalue weighted by atomic mass is 19.4. The summed E-state index contributed by atoms with van der Waals surface area (Å²) in [5.41, 5.74) is 0.175. The predicted octanol–water partition coefficient (Wildman–Crippen LogP) is 3.64. The number of hydrogen-bond donors (Lipinski definition) is 0. The molecule has 0 aliphatic carbocycles. The average Bonchev–Trinajstić information content (AvgIpc) is 2.87. The Hall–Kier alpha value is -2.18. The van der Waals surface area contributed by atoms with Crippen LogP contribution in [-0.2, 0) is 12.6 Å². The number of aryl methyl sites for hydroxylation is 1. The third-order valence-electron chi connectivity index (χ3n) is 3.34. The molecule has 3 rings (SSSR count). The second-order valence-electron chi connectivity index (χ2n) is 4.85. The van der Waals surface area contributed by atoms with Crippen LogP contribution in [0.1, 0.15) is 31.2 Å². The van der Waals surface area contributed by atoms with Gasteiger partial charge in [0.05, 0.1) is 16.7 Å². The van der Waals surface area contributed by atoms with Gasteiger partial charge in [-0.25, -0.2) is 9.50 Å². The molecule has 21 heavy (non-hydrogen) atoms. The van der Waals surface area contributed by atoms with E-state index in [9.17, 15) is 13.2 Å². The number of rotatable bonds is 3. The Bertz CT molecular complexity index is 792. The van der Waals surface area contributed by atoms with Gasteiger partial charge in [-0.1, -0.05) is 30.7 Å². The van der Waals surface area contributed by atoms with Crippen molar-refractivity contribution in [2.45, 2.75) is 32.4 Å². The summed E-state index contributed by atoms with van der Waals surface area (Å²) in [6.07, 6.45) is -2.43. The zero-order valence-electron chi connectivity index (χ0n) is 11.4. The second kappa shape index (κ2) is 4.98. The zero-order valence-corrected chi connectivity index (χ0v) is 11.4. The van der Waals surface area contributed by atoms with Crippen molar-refractivity contribution in [3.05, 3.63) is 35.7 Å². The summed E-state index contributed by atoms with van der Waals surface area (Å²) in [7, 11) is 0. The van der Waals surface area contributed by atoms with Gasteiger partial charge in [0, 0.05) is 0 Å². The van der Waals surface area contributed by atoms with E-state index in [1.807, 2.05) is 6.92 Å². The molecule has 110 valence electrons. The van der Waals surface area contributed by atoms with E-state index in [2.05, 4.69) is 15.3 Å². The molecule has 2 heterocycles. The van der Waals surface area contributed by atoms with Gasteiger partial charge in [-0.3, -0.25) is 0 Å². The van der Waals surface area contributed by atoms with Gasteiger partial charge in [-0.05, 0) is 25.0 Å². The fourth-order valence-electron chi connectivity index (χ4n) is 2.34. The summed E-state index contributed by atoms with van der Waals surface area (Å²) < 4.78 is 41.1. The van der Waals surface area contributed by atoms with E-state index in [-0.39, 0.29) is 11.0 Å². The number of halogens is 3. The molecule has 0 unspecified atom stereocenters. The predicted molar refractivity (Wildman–Crippen MR) is 71.9 cm³/mol. The summed E-state index contributed by atoms with van der Waals surface area (Å²) >= 11 is 0. The summed E-state index contributed by atoms with van der Waals surface area (Å²) in [5.74, 6) is 0. The Labute approximate surface area is 118 Å². The molecule has 0 bridgehead atoms. The summed E-state index contributed by atoms with van der Waals surface area (Å²) in [4.78, 5) is 3.79. The lowest BCUT2D eigenvalue weighted by molar-refractivity contribution is -0.139. The lowest BCUT2D eigenvalue weighted by Gasteiger charge is -2.10. The average molecular weight is 294 g/mol. The van der Waals surface area contributed by atoms with Crippen LogP contribution in [0, 0.1) is 0 Å². The number of unbranched alkanes of at least 4 members (excludes halogenated alkanes) is 1. The first-order chi connectivity index (χ1) is 10.0. The molecule has 0 aliphatic heterocycles. The molecule has 0 spiro atoms. The van der Waals surface area contributed by atoms with Crippen molar-refractivity contribution in [1.82, 2.24) is 19.8 Å². The Kier molecular flexibility index (Phi) is 3.27. The van der Waals surface area contributed by atoms with Crippen molar-refractivity contribution in [2.75, 3.05) is 0 Å². The Balaban J connectivity index is 2.36. The summed E-state index contributed by atoms with van der Waals surface area (Å²) in [6, 6.07) is 6.62. The highest BCUT2D eigenvalue weighted by molar-refractivity contribution is 5.79. The minimum absolute atomic E-state index is 0.0327. The van der Waals surface area contributed by atoms with E-state index in [1.165, 1.54) is 10.6 Å².